The lowest BCUT2D eigenvalue weighted by atomic mass is 9.83. The van der Waals surface area contributed by atoms with Crippen molar-refractivity contribution in [3.05, 3.63) is 35.5 Å². The maximum atomic E-state index is 12.6. The maximum Gasteiger partial charge on any atom is 0.387 e. The number of ether oxygens (including phenoxy) is 1. The summed E-state index contributed by atoms with van der Waals surface area (Å²) in [6, 6.07) is 6.63. The van der Waals surface area contributed by atoms with Crippen molar-refractivity contribution in [1.82, 2.24) is 19.8 Å². The molecule has 0 aliphatic heterocycles. The highest BCUT2D eigenvalue weighted by Crippen LogP contribution is 2.36. The first kappa shape index (κ1) is 25.1. The van der Waals surface area contributed by atoms with Crippen LogP contribution in [-0.2, 0) is 27.7 Å². The number of nitrogens with one attached hydrogen (secondary N) is 2. The second-order valence-corrected chi connectivity index (χ2v) is 10.5. The summed E-state index contributed by atoms with van der Waals surface area (Å²) in [4.78, 5) is 12.3. The fourth-order valence-corrected chi connectivity index (χ4v) is 4.70. The first-order valence-corrected chi connectivity index (χ1v) is 12.6. The van der Waals surface area contributed by atoms with Gasteiger partial charge < -0.3 is 10.1 Å². The van der Waals surface area contributed by atoms with Crippen LogP contribution in [0.5, 0.6) is 5.75 Å². The highest BCUT2D eigenvalue weighted by molar-refractivity contribution is 7.89. The van der Waals surface area contributed by atoms with E-state index in [1.165, 1.54) is 13.1 Å². The number of fused-ring (bicyclic) bond motifs is 1. The van der Waals surface area contributed by atoms with E-state index in [0.717, 1.165) is 23.4 Å². The van der Waals surface area contributed by atoms with E-state index in [1.54, 1.807) is 12.1 Å². The Kier molecular flexibility index (Phi) is 8.06. The quantitative estimate of drug-likeness (QED) is 0.540. The summed E-state index contributed by atoms with van der Waals surface area (Å²) in [7, 11) is -2.03. The zero-order chi connectivity index (χ0) is 24.2. The molecule has 1 heterocycles. The molecule has 0 spiro atoms. The Morgan fingerprint density at radius 2 is 2.09 bits per heavy atom. The third kappa shape index (κ3) is 6.50. The van der Waals surface area contributed by atoms with Crippen LogP contribution in [0.3, 0.4) is 0 Å². The van der Waals surface area contributed by atoms with Crippen LogP contribution in [0, 0.1) is 5.92 Å². The van der Waals surface area contributed by atoms with Gasteiger partial charge in [0, 0.05) is 35.8 Å². The number of sulfonamides is 1. The first-order chi connectivity index (χ1) is 15.6. The number of aromatic nitrogens is 2. The molecule has 1 amide bonds. The highest BCUT2D eigenvalue weighted by Gasteiger charge is 2.29. The first-order valence-electron chi connectivity index (χ1n) is 10.9. The summed E-state index contributed by atoms with van der Waals surface area (Å²) in [5.41, 5.74) is 3.57. The minimum Gasteiger partial charge on any atom is -0.435 e. The van der Waals surface area contributed by atoms with Gasteiger partial charge in [-0.05, 0) is 58.2 Å². The molecule has 0 bridgehead atoms. The Bertz CT molecular complexity index is 1090. The van der Waals surface area contributed by atoms with Crippen LogP contribution >= 0.6 is 0 Å². The molecule has 1 aromatic heterocycles. The van der Waals surface area contributed by atoms with Crippen molar-refractivity contribution in [1.29, 1.82) is 0 Å². The van der Waals surface area contributed by atoms with Crippen LogP contribution in [0.4, 0.5) is 8.78 Å². The van der Waals surface area contributed by atoms with Gasteiger partial charge in [-0.3, -0.25) is 9.48 Å². The van der Waals surface area contributed by atoms with E-state index >= 15 is 0 Å². The summed E-state index contributed by atoms with van der Waals surface area (Å²) in [5.74, 6) is -0.153. The largest absolute Gasteiger partial charge is 0.435 e. The summed E-state index contributed by atoms with van der Waals surface area (Å²) in [6.07, 6.45) is 2.45. The van der Waals surface area contributed by atoms with Gasteiger partial charge in [0.2, 0.25) is 15.9 Å². The molecule has 2 N–H and O–H groups in total. The molecule has 0 radical (unpaired) electrons. The van der Waals surface area contributed by atoms with Gasteiger partial charge in [-0.25, -0.2) is 13.1 Å². The number of carbonyl (C=O) groups excluding carboxylic acids is 1. The Labute approximate surface area is 192 Å². The number of nitrogens with zero attached hydrogens (tertiary/aromatic N) is 2. The normalized spacial score (nSPS) is 16.2. The lowest BCUT2D eigenvalue weighted by Gasteiger charge is -2.24. The molecule has 0 saturated heterocycles. The zero-order valence-corrected chi connectivity index (χ0v) is 19.8. The topological polar surface area (TPSA) is 102 Å². The summed E-state index contributed by atoms with van der Waals surface area (Å²) in [6.45, 7) is 1.20. The molecule has 1 unspecified atom stereocenters. The molecular formula is C22H30F2N4O4S. The van der Waals surface area contributed by atoms with Gasteiger partial charge in [0.15, 0.2) is 0 Å². The number of hydrogen-bond donors (Lipinski definition) is 2. The van der Waals surface area contributed by atoms with Crippen molar-refractivity contribution < 1.29 is 26.7 Å². The minimum absolute atomic E-state index is 0.0606. The molecule has 1 atom stereocenters. The maximum absolute atomic E-state index is 12.6. The fourth-order valence-electron chi connectivity index (χ4n) is 4.12. The van der Waals surface area contributed by atoms with Crippen LogP contribution in [-0.4, -0.2) is 50.1 Å². The number of amides is 1. The Morgan fingerprint density at radius 1 is 1.33 bits per heavy atom. The standard InChI is InChI=1S/C22H30F2N4O4S/c1-14(2)28-19-11-15(12-20(29)26-9-10-33(30,31)25-3)7-8-18(19)21(27-28)16-5-4-6-17(13-16)32-22(23)24/h4-6,13-15,22,25H,7-12H2,1-3H3,(H,26,29). The highest BCUT2D eigenvalue weighted by atomic mass is 32.2. The molecule has 11 heteroatoms. The van der Waals surface area contributed by atoms with Crippen LogP contribution in [0.25, 0.3) is 11.3 Å². The van der Waals surface area contributed by atoms with Crippen LogP contribution in [0.1, 0.15) is 44.0 Å². The molecule has 8 nitrogen and oxygen atoms in total. The number of rotatable bonds is 10. The predicted molar refractivity (Wildman–Crippen MR) is 121 cm³/mol. The van der Waals surface area contributed by atoms with E-state index in [9.17, 15) is 22.0 Å². The van der Waals surface area contributed by atoms with Crippen molar-refractivity contribution in [2.24, 2.45) is 5.92 Å². The smallest absolute Gasteiger partial charge is 0.387 e. The zero-order valence-electron chi connectivity index (χ0n) is 19.0. The van der Waals surface area contributed by atoms with E-state index < -0.39 is 16.6 Å². The van der Waals surface area contributed by atoms with Crippen molar-refractivity contribution in [2.45, 2.75) is 52.2 Å². The van der Waals surface area contributed by atoms with Gasteiger partial charge in [-0.1, -0.05) is 12.1 Å². The minimum atomic E-state index is -3.36. The Morgan fingerprint density at radius 3 is 2.76 bits per heavy atom. The monoisotopic (exact) mass is 484 g/mol. The van der Waals surface area contributed by atoms with Gasteiger partial charge >= 0.3 is 6.61 Å². The van der Waals surface area contributed by atoms with E-state index in [1.807, 2.05) is 24.6 Å². The summed E-state index contributed by atoms with van der Waals surface area (Å²) >= 11 is 0. The van der Waals surface area contributed by atoms with E-state index in [-0.39, 0.29) is 35.9 Å². The molecule has 0 saturated carbocycles. The van der Waals surface area contributed by atoms with Crippen molar-refractivity contribution in [3.63, 3.8) is 0 Å². The number of benzene rings is 1. The van der Waals surface area contributed by atoms with Gasteiger partial charge in [0.25, 0.3) is 0 Å². The molecule has 3 rings (SSSR count). The molecule has 1 aromatic carbocycles. The second kappa shape index (κ2) is 10.6. The molecule has 33 heavy (non-hydrogen) atoms. The van der Waals surface area contributed by atoms with E-state index in [0.29, 0.717) is 24.8 Å². The molecule has 0 fully saturated rings. The van der Waals surface area contributed by atoms with E-state index in [2.05, 4.69) is 14.8 Å². The van der Waals surface area contributed by atoms with E-state index in [4.69, 9.17) is 5.10 Å². The van der Waals surface area contributed by atoms with Crippen molar-refractivity contribution >= 4 is 15.9 Å². The molecule has 1 aliphatic rings. The number of halogens is 2. The molecule has 2 aromatic rings. The van der Waals surface area contributed by atoms with Gasteiger partial charge in [-0.2, -0.15) is 13.9 Å². The number of carbonyl (C=O) groups is 1. The average molecular weight is 485 g/mol. The third-order valence-electron chi connectivity index (χ3n) is 5.70. The Balaban J connectivity index is 1.74. The SMILES string of the molecule is CNS(=O)(=O)CCNC(=O)CC1CCc2c(-c3cccc(OC(F)F)c3)nn(C(C)C)c2C1. The van der Waals surface area contributed by atoms with Gasteiger partial charge in [0.05, 0.1) is 11.4 Å². The van der Waals surface area contributed by atoms with Gasteiger partial charge in [-0.15, -0.1) is 0 Å². The van der Waals surface area contributed by atoms with Crippen LogP contribution in [0.2, 0.25) is 0 Å². The number of hydrogen-bond acceptors (Lipinski definition) is 5. The lowest BCUT2D eigenvalue weighted by Crippen LogP contribution is -2.34. The van der Waals surface area contributed by atoms with Crippen molar-refractivity contribution in [3.8, 4) is 17.0 Å². The Hall–Kier alpha value is -2.53. The molecular weight excluding hydrogens is 454 g/mol. The van der Waals surface area contributed by atoms with Gasteiger partial charge in [0.1, 0.15) is 5.75 Å². The molecule has 1 aliphatic carbocycles. The third-order valence-corrected chi connectivity index (χ3v) is 7.07. The summed E-state index contributed by atoms with van der Waals surface area (Å²) < 4.78 is 56.9. The average Bonchev–Trinajstić information content (AvgIpc) is 3.12. The number of alkyl halides is 2. The van der Waals surface area contributed by atoms with Crippen molar-refractivity contribution in [2.75, 3.05) is 19.3 Å². The second-order valence-electron chi connectivity index (χ2n) is 8.40. The fraction of sp³-hybridized carbons (Fsp3) is 0.545. The lowest BCUT2D eigenvalue weighted by molar-refractivity contribution is -0.122. The summed E-state index contributed by atoms with van der Waals surface area (Å²) in [5, 5.41) is 7.46. The van der Waals surface area contributed by atoms with Crippen LogP contribution < -0.4 is 14.8 Å². The van der Waals surface area contributed by atoms with Crippen LogP contribution in [0.15, 0.2) is 24.3 Å². The predicted octanol–water partition coefficient (Wildman–Crippen LogP) is 2.89. The molecule has 182 valence electrons.